The lowest BCUT2D eigenvalue weighted by Crippen LogP contribution is -2.07. The predicted molar refractivity (Wildman–Crippen MR) is 54.0 cm³/mol. The topological polar surface area (TPSA) is 56.7 Å². The molecule has 4 nitrogen and oxygen atoms in total. The first-order valence-corrected chi connectivity index (χ1v) is 4.47. The Labute approximate surface area is 82.4 Å². The van der Waals surface area contributed by atoms with Crippen molar-refractivity contribution in [2.24, 2.45) is 5.73 Å². The van der Waals surface area contributed by atoms with E-state index in [1.165, 1.54) is 0 Å². The molecule has 0 aliphatic rings. The van der Waals surface area contributed by atoms with E-state index in [1.807, 2.05) is 29.8 Å². The van der Waals surface area contributed by atoms with E-state index in [0.717, 1.165) is 11.4 Å². The lowest BCUT2D eigenvalue weighted by Gasteiger charge is -2.05. The quantitative estimate of drug-likeness (QED) is 0.772. The summed E-state index contributed by atoms with van der Waals surface area (Å²) in [4.78, 5) is 8.23. The maximum absolute atomic E-state index is 5.70. The summed E-state index contributed by atoms with van der Waals surface area (Å²) in [5.41, 5.74) is 7.59. The summed E-state index contributed by atoms with van der Waals surface area (Å²) >= 11 is 0. The molecule has 1 atom stereocenters. The highest BCUT2D eigenvalue weighted by Crippen LogP contribution is 2.09. The predicted octanol–water partition coefficient (Wildman–Crippen LogP) is 1.29. The summed E-state index contributed by atoms with van der Waals surface area (Å²) in [6.45, 7) is 1.92. The number of rotatable bonds is 2. The summed E-state index contributed by atoms with van der Waals surface area (Å²) in [7, 11) is 0. The second-order valence-electron chi connectivity index (χ2n) is 3.20. The molecule has 0 saturated heterocycles. The standard InChI is InChI=1S/C10H12N4/c1-8(11)10-3-2-9(6-13-10)14-5-4-12-7-14/h2-8H,11H2,1H3. The Morgan fingerprint density at radius 1 is 1.43 bits per heavy atom. The Kier molecular flexibility index (Phi) is 2.28. The van der Waals surface area contributed by atoms with Gasteiger partial charge in [-0.15, -0.1) is 0 Å². The Bertz CT molecular complexity index is 389. The van der Waals surface area contributed by atoms with E-state index in [2.05, 4.69) is 9.97 Å². The van der Waals surface area contributed by atoms with Crippen molar-refractivity contribution in [3.63, 3.8) is 0 Å². The smallest absolute Gasteiger partial charge is 0.0992 e. The van der Waals surface area contributed by atoms with E-state index in [1.54, 1.807) is 18.7 Å². The maximum atomic E-state index is 5.70. The molecule has 0 bridgehead atoms. The molecule has 2 aromatic heterocycles. The average Bonchev–Trinajstić information content (AvgIpc) is 2.71. The van der Waals surface area contributed by atoms with Crippen molar-refractivity contribution in [3.05, 3.63) is 42.7 Å². The molecule has 2 N–H and O–H groups in total. The molecule has 0 aliphatic heterocycles. The molecule has 4 heteroatoms. The number of nitrogens with two attached hydrogens (primary N) is 1. The molecule has 0 amide bonds. The number of hydrogen-bond acceptors (Lipinski definition) is 3. The van der Waals surface area contributed by atoms with Crippen LogP contribution in [0.15, 0.2) is 37.1 Å². The Morgan fingerprint density at radius 2 is 2.29 bits per heavy atom. The van der Waals surface area contributed by atoms with Crippen LogP contribution in [-0.4, -0.2) is 14.5 Å². The molecule has 0 spiro atoms. The van der Waals surface area contributed by atoms with Crippen LogP contribution >= 0.6 is 0 Å². The molecular formula is C10H12N4. The Balaban J connectivity index is 2.31. The van der Waals surface area contributed by atoms with Gasteiger partial charge in [0, 0.05) is 18.4 Å². The number of pyridine rings is 1. The van der Waals surface area contributed by atoms with Gasteiger partial charge in [-0.3, -0.25) is 4.98 Å². The van der Waals surface area contributed by atoms with E-state index in [9.17, 15) is 0 Å². The maximum Gasteiger partial charge on any atom is 0.0992 e. The van der Waals surface area contributed by atoms with Crippen LogP contribution in [0, 0.1) is 0 Å². The minimum Gasteiger partial charge on any atom is -0.323 e. The lowest BCUT2D eigenvalue weighted by atomic mass is 10.2. The van der Waals surface area contributed by atoms with Crippen LogP contribution in [0.5, 0.6) is 0 Å². The zero-order valence-electron chi connectivity index (χ0n) is 7.96. The van der Waals surface area contributed by atoms with Gasteiger partial charge < -0.3 is 10.3 Å². The monoisotopic (exact) mass is 188 g/mol. The SMILES string of the molecule is CC(N)c1ccc(-n2ccnc2)cn1. The van der Waals surface area contributed by atoms with Gasteiger partial charge in [0.15, 0.2) is 0 Å². The van der Waals surface area contributed by atoms with Crippen molar-refractivity contribution >= 4 is 0 Å². The van der Waals surface area contributed by atoms with E-state index < -0.39 is 0 Å². The van der Waals surface area contributed by atoms with Crippen molar-refractivity contribution in [2.45, 2.75) is 13.0 Å². The van der Waals surface area contributed by atoms with E-state index in [4.69, 9.17) is 5.73 Å². The van der Waals surface area contributed by atoms with Gasteiger partial charge in [0.05, 0.1) is 23.9 Å². The summed E-state index contributed by atoms with van der Waals surface area (Å²) in [6.07, 6.45) is 7.14. The Hall–Kier alpha value is -1.68. The van der Waals surface area contributed by atoms with Crippen LogP contribution in [0.25, 0.3) is 5.69 Å². The zero-order valence-corrected chi connectivity index (χ0v) is 7.96. The van der Waals surface area contributed by atoms with Crippen LogP contribution in [0.2, 0.25) is 0 Å². The first-order chi connectivity index (χ1) is 6.77. The van der Waals surface area contributed by atoms with Crippen molar-refractivity contribution in [1.82, 2.24) is 14.5 Å². The third-order valence-electron chi connectivity index (χ3n) is 2.04. The van der Waals surface area contributed by atoms with Gasteiger partial charge in [-0.2, -0.15) is 0 Å². The number of nitrogens with zero attached hydrogens (tertiary/aromatic N) is 3. The molecule has 14 heavy (non-hydrogen) atoms. The molecule has 2 heterocycles. The van der Waals surface area contributed by atoms with E-state index in [-0.39, 0.29) is 6.04 Å². The van der Waals surface area contributed by atoms with Gasteiger partial charge in [-0.25, -0.2) is 4.98 Å². The van der Waals surface area contributed by atoms with E-state index >= 15 is 0 Å². The molecule has 72 valence electrons. The summed E-state index contributed by atoms with van der Waals surface area (Å²) in [6, 6.07) is 3.89. The first kappa shape index (κ1) is 8.90. The van der Waals surface area contributed by atoms with Crippen LogP contribution in [0.1, 0.15) is 18.7 Å². The van der Waals surface area contributed by atoms with Crippen LogP contribution in [-0.2, 0) is 0 Å². The highest BCUT2D eigenvalue weighted by atomic mass is 15.0. The molecule has 0 fully saturated rings. The Morgan fingerprint density at radius 3 is 2.79 bits per heavy atom. The normalized spacial score (nSPS) is 12.7. The lowest BCUT2D eigenvalue weighted by molar-refractivity contribution is 0.779. The van der Waals surface area contributed by atoms with Gasteiger partial charge in [-0.1, -0.05) is 0 Å². The largest absolute Gasteiger partial charge is 0.323 e. The van der Waals surface area contributed by atoms with Gasteiger partial charge in [0.1, 0.15) is 0 Å². The van der Waals surface area contributed by atoms with E-state index in [0.29, 0.717) is 0 Å². The minimum atomic E-state index is -0.0214. The zero-order chi connectivity index (χ0) is 9.97. The fourth-order valence-electron chi connectivity index (χ4n) is 1.23. The highest BCUT2D eigenvalue weighted by molar-refractivity contribution is 5.29. The van der Waals surface area contributed by atoms with Gasteiger partial charge >= 0.3 is 0 Å². The molecule has 1 unspecified atom stereocenters. The number of imidazole rings is 1. The van der Waals surface area contributed by atoms with Crippen molar-refractivity contribution in [1.29, 1.82) is 0 Å². The molecule has 0 aliphatic carbocycles. The molecule has 2 aromatic rings. The third kappa shape index (κ3) is 1.65. The fourth-order valence-corrected chi connectivity index (χ4v) is 1.23. The van der Waals surface area contributed by atoms with Gasteiger partial charge in [0.2, 0.25) is 0 Å². The molecule has 0 aromatic carbocycles. The average molecular weight is 188 g/mol. The van der Waals surface area contributed by atoms with Crippen LogP contribution in [0.3, 0.4) is 0 Å². The highest BCUT2D eigenvalue weighted by Gasteiger charge is 2.01. The van der Waals surface area contributed by atoms with Gasteiger partial charge in [-0.05, 0) is 19.1 Å². The second-order valence-corrected chi connectivity index (χ2v) is 3.20. The summed E-state index contributed by atoms with van der Waals surface area (Å²) < 4.78 is 1.90. The van der Waals surface area contributed by atoms with Gasteiger partial charge in [0.25, 0.3) is 0 Å². The molecular weight excluding hydrogens is 176 g/mol. The fraction of sp³-hybridized carbons (Fsp3) is 0.200. The number of hydrogen-bond donors (Lipinski definition) is 1. The van der Waals surface area contributed by atoms with Crippen LogP contribution < -0.4 is 5.73 Å². The van der Waals surface area contributed by atoms with Crippen molar-refractivity contribution in [3.8, 4) is 5.69 Å². The summed E-state index contributed by atoms with van der Waals surface area (Å²) in [5, 5.41) is 0. The molecule has 0 saturated carbocycles. The van der Waals surface area contributed by atoms with Crippen LogP contribution in [0.4, 0.5) is 0 Å². The molecule has 2 rings (SSSR count). The third-order valence-corrected chi connectivity index (χ3v) is 2.04. The second kappa shape index (κ2) is 3.59. The van der Waals surface area contributed by atoms with Crippen molar-refractivity contribution in [2.75, 3.05) is 0 Å². The number of aromatic nitrogens is 3. The minimum absolute atomic E-state index is 0.0214. The first-order valence-electron chi connectivity index (χ1n) is 4.47. The summed E-state index contributed by atoms with van der Waals surface area (Å²) in [5.74, 6) is 0. The van der Waals surface area contributed by atoms with Crippen molar-refractivity contribution < 1.29 is 0 Å². The molecule has 0 radical (unpaired) electrons.